The number of methoxy groups -OCH3 is 1. The van der Waals surface area contributed by atoms with Crippen LogP contribution in [0, 0.1) is 0 Å². The molecule has 2 rings (SSSR count). The van der Waals surface area contributed by atoms with Gasteiger partial charge in [-0.3, -0.25) is 19.3 Å². The lowest BCUT2D eigenvalue weighted by Gasteiger charge is -2.17. The van der Waals surface area contributed by atoms with Crippen LogP contribution in [0.2, 0.25) is 0 Å². The summed E-state index contributed by atoms with van der Waals surface area (Å²) < 4.78 is 11.5. The van der Waals surface area contributed by atoms with Crippen molar-refractivity contribution in [3.05, 3.63) is 28.7 Å². The summed E-state index contributed by atoms with van der Waals surface area (Å²) in [6.07, 6.45) is 8.44. The molecule has 1 N–H and O–H groups in total. The first kappa shape index (κ1) is 24.8. The molecule has 8 heteroatoms. The molecule has 1 aliphatic rings. The Hall–Kier alpha value is -2.48. The summed E-state index contributed by atoms with van der Waals surface area (Å²) >= 11 is 0.805. The van der Waals surface area contributed by atoms with Crippen LogP contribution < -0.4 is 9.47 Å². The molecule has 1 saturated heterocycles. The van der Waals surface area contributed by atoms with Gasteiger partial charge in [-0.2, -0.15) is 0 Å². The highest BCUT2D eigenvalue weighted by Crippen LogP contribution is 2.35. The molecule has 0 spiro atoms. The van der Waals surface area contributed by atoms with E-state index in [1.54, 1.807) is 31.4 Å². The third kappa shape index (κ3) is 7.61. The molecule has 0 saturated carbocycles. The maximum absolute atomic E-state index is 12.4. The molecular formula is C23H31NO6S. The summed E-state index contributed by atoms with van der Waals surface area (Å²) in [5.74, 6) is -0.349. The fraction of sp³-hybridized carbons (Fsp3) is 0.522. The number of ether oxygens (including phenoxy) is 2. The number of carbonyl (C=O) groups is 3. The number of imide groups is 1. The number of aliphatic carboxylic acids is 1. The van der Waals surface area contributed by atoms with E-state index < -0.39 is 17.1 Å². The molecule has 0 aromatic heterocycles. The van der Waals surface area contributed by atoms with Gasteiger partial charge in [0, 0.05) is 6.54 Å². The molecule has 1 aliphatic heterocycles. The van der Waals surface area contributed by atoms with Crippen LogP contribution in [0.1, 0.15) is 64.4 Å². The van der Waals surface area contributed by atoms with Gasteiger partial charge in [0.1, 0.15) is 0 Å². The van der Waals surface area contributed by atoms with Gasteiger partial charge in [0.25, 0.3) is 11.1 Å². The summed E-state index contributed by atoms with van der Waals surface area (Å²) in [5.41, 5.74) is 0.695. The second kappa shape index (κ2) is 12.4. The number of carboxylic acid groups (broad SMARTS) is 1. The van der Waals surface area contributed by atoms with E-state index in [0.29, 0.717) is 17.1 Å². The quantitative estimate of drug-likeness (QED) is 0.321. The smallest absolute Gasteiger partial charge is 0.305 e. The standard InChI is InChI=1S/C23H31NO6S/c1-4-5-6-7-8-9-16(2)30-18-11-10-17(14-19(18)29-3)15-20-22(27)24(23(28)31-20)13-12-21(25)26/h10-11,14-16H,4-9,12-13H2,1-3H3,(H,25,26)/b20-15+. The van der Waals surface area contributed by atoms with E-state index in [1.807, 2.05) is 6.92 Å². The molecule has 1 aromatic carbocycles. The van der Waals surface area contributed by atoms with Gasteiger partial charge >= 0.3 is 5.97 Å². The molecular weight excluding hydrogens is 418 g/mol. The van der Waals surface area contributed by atoms with Gasteiger partial charge in [-0.05, 0) is 55.3 Å². The fourth-order valence-electron chi connectivity index (χ4n) is 3.23. The number of nitrogens with zero attached hydrogens (tertiary/aromatic N) is 1. The molecule has 0 aliphatic carbocycles. The van der Waals surface area contributed by atoms with Crippen molar-refractivity contribution in [1.82, 2.24) is 4.90 Å². The van der Waals surface area contributed by atoms with Crippen LogP contribution in [0.5, 0.6) is 11.5 Å². The Labute approximate surface area is 187 Å². The maximum atomic E-state index is 12.4. The minimum atomic E-state index is -1.06. The van der Waals surface area contributed by atoms with Crippen LogP contribution in [0.25, 0.3) is 6.08 Å². The van der Waals surface area contributed by atoms with Crippen LogP contribution in [0.3, 0.4) is 0 Å². The lowest BCUT2D eigenvalue weighted by molar-refractivity contribution is -0.137. The second-order valence-corrected chi connectivity index (χ2v) is 8.51. The number of carboxylic acids is 1. The molecule has 1 heterocycles. The highest BCUT2D eigenvalue weighted by Gasteiger charge is 2.35. The monoisotopic (exact) mass is 449 g/mol. The van der Waals surface area contributed by atoms with Crippen molar-refractivity contribution in [2.45, 2.75) is 64.9 Å². The average Bonchev–Trinajstić information content (AvgIpc) is 2.99. The molecule has 2 amide bonds. The summed E-state index contributed by atoms with van der Waals surface area (Å²) in [7, 11) is 1.56. The number of hydrogen-bond acceptors (Lipinski definition) is 6. The zero-order valence-corrected chi connectivity index (χ0v) is 19.2. The van der Waals surface area contributed by atoms with E-state index in [2.05, 4.69) is 6.92 Å². The van der Waals surface area contributed by atoms with Crippen molar-refractivity contribution in [3.63, 3.8) is 0 Å². The Bertz CT molecular complexity index is 822. The summed E-state index contributed by atoms with van der Waals surface area (Å²) in [6.45, 7) is 4.11. The van der Waals surface area contributed by atoms with E-state index in [4.69, 9.17) is 14.6 Å². The van der Waals surface area contributed by atoms with Gasteiger partial charge in [0.2, 0.25) is 0 Å². The fourth-order valence-corrected chi connectivity index (χ4v) is 4.10. The van der Waals surface area contributed by atoms with Gasteiger partial charge in [-0.15, -0.1) is 0 Å². The first-order valence-electron chi connectivity index (χ1n) is 10.7. The van der Waals surface area contributed by atoms with Gasteiger partial charge in [-0.25, -0.2) is 0 Å². The zero-order valence-electron chi connectivity index (χ0n) is 18.4. The van der Waals surface area contributed by atoms with Gasteiger partial charge < -0.3 is 14.6 Å². The molecule has 170 valence electrons. The first-order chi connectivity index (χ1) is 14.8. The van der Waals surface area contributed by atoms with Gasteiger partial charge in [-0.1, -0.05) is 38.7 Å². The van der Waals surface area contributed by atoms with Crippen molar-refractivity contribution >= 4 is 35.0 Å². The number of unbranched alkanes of at least 4 members (excludes halogenated alkanes) is 4. The highest BCUT2D eigenvalue weighted by atomic mass is 32.2. The van der Waals surface area contributed by atoms with E-state index in [0.717, 1.165) is 29.5 Å². The first-order valence-corrected chi connectivity index (χ1v) is 11.5. The van der Waals surface area contributed by atoms with Crippen molar-refractivity contribution < 1.29 is 29.0 Å². The topological polar surface area (TPSA) is 93.1 Å². The van der Waals surface area contributed by atoms with Crippen LogP contribution in [0.15, 0.2) is 23.1 Å². The van der Waals surface area contributed by atoms with Crippen molar-refractivity contribution in [2.75, 3.05) is 13.7 Å². The Balaban J connectivity index is 2.01. The number of rotatable bonds is 13. The summed E-state index contributed by atoms with van der Waals surface area (Å²) in [4.78, 5) is 36.4. The van der Waals surface area contributed by atoms with E-state index in [9.17, 15) is 14.4 Å². The molecule has 1 aromatic rings. The van der Waals surface area contributed by atoms with Crippen molar-refractivity contribution in [1.29, 1.82) is 0 Å². The van der Waals surface area contributed by atoms with Crippen LogP contribution in [-0.4, -0.2) is 46.9 Å². The molecule has 1 fully saturated rings. The Morgan fingerprint density at radius 2 is 1.94 bits per heavy atom. The molecule has 7 nitrogen and oxygen atoms in total. The molecule has 0 bridgehead atoms. The number of carbonyl (C=O) groups excluding carboxylic acids is 2. The predicted molar refractivity (Wildman–Crippen MR) is 121 cm³/mol. The number of thioether (sulfide) groups is 1. The third-order valence-electron chi connectivity index (χ3n) is 4.95. The lowest BCUT2D eigenvalue weighted by Crippen LogP contribution is -2.30. The van der Waals surface area contributed by atoms with Crippen molar-refractivity contribution in [2.24, 2.45) is 0 Å². The zero-order chi connectivity index (χ0) is 22.8. The molecule has 1 unspecified atom stereocenters. The van der Waals surface area contributed by atoms with E-state index in [1.165, 1.54) is 25.7 Å². The lowest BCUT2D eigenvalue weighted by atomic mass is 10.1. The van der Waals surface area contributed by atoms with E-state index >= 15 is 0 Å². The largest absolute Gasteiger partial charge is 0.493 e. The summed E-state index contributed by atoms with van der Waals surface area (Å²) in [6, 6.07) is 5.36. The van der Waals surface area contributed by atoms with Crippen LogP contribution in [0.4, 0.5) is 4.79 Å². The number of benzene rings is 1. The SMILES string of the molecule is CCCCCCCC(C)Oc1ccc(/C=C2/SC(=O)N(CCC(=O)O)C2=O)cc1OC. The second-order valence-electron chi connectivity index (χ2n) is 7.52. The van der Waals surface area contributed by atoms with Gasteiger partial charge in [0.15, 0.2) is 11.5 Å². The number of amides is 2. The predicted octanol–water partition coefficient (Wildman–Crippen LogP) is 5.33. The van der Waals surface area contributed by atoms with Crippen LogP contribution >= 0.6 is 11.8 Å². The van der Waals surface area contributed by atoms with Crippen molar-refractivity contribution in [3.8, 4) is 11.5 Å². The Morgan fingerprint density at radius 3 is 2.61 bits per heavy atom. The van der Waals surface area contributed by atoms with Crippen LogP contribution in [-0.2, 0) is 9.59 Å². The highest BCUT2D eigenvalue weighted by molar-refractivity contribution is 8.18. The molecule has 0 radical (unpaired) electrons. The Morgan fingerprint density at radius 1 is 1.19 bits per heavy atom. The third-order valence-corrected chi connectivity index (χ3v) is 5.86. The van der Waals surface area contributed by atoms with E-state index in [-0.39, 0.29) is 24.0 Å². The Kier molecular flexibility index (Phi) is 9.91. The normalized spacial score (nSPS) is 16.1. The molecule has 1 atom stereocenters. The minimum Gasteiger partial charge on any atom is -0.493 e. The average molecular weight is 450 g/mol. The number of hydrogen-bond donors (Lipinski definition) is 1. The summed E-state index contributed by atoms with van der Waals surface area (Å²) in [5, 5.41) is 8.32. The molecule has 31 heavy (non-hydrogen) atoms. The minimum absolute atomic E-state index is 0.0621. The van der Waals surface area contributed by atoms with Gasteiger partial charge in [0.05, 0.1) is 24.5 Å². The maximum Gasteiger partial charge on any atom is 0.305 e.